The molecular formula is C14H25N5. The van der Waals surface area contributed by atoms with Crippen LogP contribution in [0.5, 0.6) is 0 Å². The Morgan fingerprint density at radius 3 is 2.37 bits per heavy atom. The zero-order valence-electron chi connectivity index (χ0n) is 12.1. The van der Waals surface area contributed by atoms with E-state index in [1.807, 2.05) is 12.4 Å². The maximum absolute atomic E-state index is 5.86. The summed E-state index contributed by atoms with van der Waals surface area (Å²) in [6.07, 6.45) is 10.0. The van der Waals surface area contributed by atoms with Gasteiger partial charge in [-0.25, -0.2) is 9.97 Å². The summed E-state index contributed by atoms with van der Waals surface area (Å²) < 4.78 is 0. The lowest BCUT2D eigenvalue weighted by atomic mass is 9.71. The standard InChI is InChI=1S/C14H25N5/c1-11-4-6-14(7-5-11,19(2)3)13(18-15)12-8-16-10-17-9-12/h8-11,13,18H,4-7,15H2,1-3H3. The van der Waals surface area contributed by atoms with Gasteiger partial charge in [0.15, 0.2) is 0 Å². The number of hydrogen-bond donors (Lipinski definition) is 2. The highest BCUT2D eigenvalue weighted by atomic mass is 15.3. The van der Waals surface area contributed by atoms with Crippen LogP contribution in [0.3, 0.4) is 0 Å². The van der Waals surface area contributed by atoms with Gasteiger partial charge in [-0.15, -0.1) is 0 Å². The first-order chi connectivity index (χ1) is 9.10. The SMILES string of the molecule is CC1CCC(C(NN)c2cncnc2)(N(C)C)CC1. The minimum atomic E-state index is 0.0476. The maximum Gasteiger partial charge on any atom is 0.115 e. The fourth-order valence-corrected chi connectivity index (χ4v) is 3.28. The Bertz CT molecular complexity index is 384. The lowest BCUT2D eigenvalue weighted by Gasteiger charge is -2.49. The second-order valence-corrected chi connectivity index (χ2v) is 5.95. The molecule has 1 aliphatic carbocycles. The molecule has 3 N–H and O–H groups in total. The summed E-state index contributed by atoms with van der Waals surface area (Å²) in [7, 11) is 4.29. The third-order valence-electron chi connectivity index (χ3n) is 4.65. The quantitative estimate of drug-likeness (QED) is 0.636. The van der Waals surface area contributed by atoms with Crippen LogP contribution in [-0.4, -0.2) is 34.5 Å². The molecule has 1 fully saturated rings. The molecule has 0 aliphatic heterocycles. The molecule has 106 valence electrons. The summed E-state index contributed by atoms with van der Waals surface area (Å²) in [6.45, 7) is 2.33. The molecule has 0 bridgehead atoms. The van der Waals surface area contributed by atoms with E-state index in [9.17, 15) is 0 Å². The Hall–Kier alpha value is -1.04. The van der Waals surface area contributed by atoms with Crippen molar-refractivity contribution in [2.24, 2.45) is 11.8 Å². The molecule has 0 spiro atoms. The Morgan fingerprint density at radius 1 is 1.32 bits per heavy atom. The summed E-state index contributed by atoms with van der Waals surface area (Å²) in [5, 5.41) is 0. The smallest absolute Gasteiger partial charge is 0.115 e. The number of hydrazine groups is 1. The number of likely N-dealkylation sites (N-methyl/N-ethyl adjacent to an activating group) is 1. The van der Waals surface area contributed by atoms with Crippen molar-refractivity contribution in [3.63, 3.8) is 0 Å². The van der Waals surface area contributed by atoms with Crippen LogP contribution in [0, 0.1) is 5.92 Å². The van der Waals surface area contributed by atoms with E-state index in [2.05, 4.69) is 41.3 Å². The molecule has 1 aromatic heterocycles. The van der Waals surface area contributed by atoms with Crippen molar-refractivity contribution in [2.45, 2.75) is 44.2 Å². The highest BCUT2D eigenvalue weighted by Gasteiger charge is 2.43. The molecule has 19 heavy (non-hydrogen) atoms. The largest absolute Gasteiger partial charge is 0.302 e. The van der Waals surface area contributed by atoms with Gasteiger partial charge >= 0.3 is 0 Å². The number of nitrogens with zero attached hydrogens (tertiary/aromatic N) is 3. The third-order valence-corrected chi connectivity index (χ3v) is 4.65. The summed E-state index contributed by atoms with van der Waals surface area (Å²) >= 11 is 0. The molecule has 1 aliphatic rings. The van der Waals surface area contributed by atoms with Gasteiger partial charge in [-0.05, 0) is 45.7 Å². The Balaban J connectivity index is 2.31. The lowest BCUT2D eigenvalue weighted by Crippen LogP contribution is -2.56. The van der Waals surface area contributed by atoms with Crippen LogP contribution in [0.15, 0.2) is 18.7 Å². The van der Waals surface area contributed by atoms with Crippen molar-refractivity contribution in [1.29, 1.82) is 0 Å². The molecule has 5 nitrogen and oxygen atoms in total. The van der Waals surface area contributed by atoms with Gasteiger partial charge in [0.2, 0.25) is 0 Å². The van der Waals surface area contributed by atoms with E-state index in [-0.39, 0.29) is 11.6 Å². The first-order valence-corrected chi connectivity index (χ1v) is 6.98. The molecule has 1 aromatic rings. The first kappa shape index (κ1) is 14.4. The van der Waals surface area contributed by atoms with Crippen LogP contribution in [0.1, 0.15) is 44.2 Å². The number of rotatable bonds is 4. The molecule has 1 heterocycles. The van der Waals surface area contributed by atoms with E-state index in [0.717, 1.165) is 24.3 Å². The topological polar surface area (TPSA) is 67.1 Å². The van der Waals surface area contributed by atoms with Crippen LogP contribution in [-0.2, 0) is 0 Å². The van der Waals surface area contributed by atoms with Crippen molar-refractivity contribution in [2.75, 3.05) is 14.1 Å². The van der Waals surface area contributed by atoms with Gasteiger partial charge in [0.1, 0.15) is 6.33 Å². The van der Waals surface area contributed by atoms with Crippen molar-refractivity contribution in [1.82, 2.24) is 20.3 Å². The van der Waals surface area contributed by atoms with E-state index in [1.165, 1.54) is 12.8 Å². The summed E-state index contributed by atoms with van der Waals surface area (Å²) in [4.78, 5) is 10.6. The molecule has 1 atom stereocenters. The fourth-order valence-electron chi connectivity index (χ4n) is 3.28. The highest BCUT2D eigenvalue weighted by molar-refractivity contribution is 5.17. The van der Waals surface area contributed by atoms with Crippen molar-refractivity contribution in [3.8, 4) is 0 Å². The average Bonchev–Trinajstić information content (AvgIpc) is 2.43. The zero-order valence-corrected chi connectivity index (χ0v) is 12.1. The summed E-state index contributed by atoms with van der Waals surface area (Å²) in [5.74, 6) is 6.67. The van der Waals surface area contributed by atoms with Crippen molar-refractivity contribution < 1.29 is 0 Å². The van der Waals surface area contributed by atoms with Gasteiger partial charge in [0, 0.05) is 23.5 Å². The van der Waals surface area contributed by atoms with Crippen molar-refractivity contribution >= 4 is 0 Å². The number of nitrogens with two attached hydrogens (primary N) is 1. The van der Waals surface area contributed by atoms with E-state index >= 15 is 0 Å². The van der Waals surface area contributed by atoms with Gasteiger partial charge in [-0.2, -0.15) is 0 Å². The second-order valence-electron chi connectivity index (χ2n) is 5.95. The maximum atomic E-state index is 5.86. The molecular weight excluding hydrogens is 238 g/mol. The van der Waals surface area contributed by atoms with E-state index in [0.29, 0.717) is 0 Å². The van der Waals surface area contributed by atoms with Gasteiger partial charge in [-0.3, -0.25) is 11.3 Å². The lowest BCUT2D eigenvalue weighted by molar-refractivity contribution is 0.0426. The van der Waals surface area contributed by atoms with Crippen LogP contribution in [0.4, 0.5) is 0 Å². The van der Waals surface area contributed by atoms with Crippen molar-refractivity contribution in [3.05, 3.63) is 24.3 Å². The number of nitrogens with one attached hydrogen (secondary N) is 1. The van der Waals surface area contributed by atoms with E-state index in [1.54, 1.807) is 6.33 Å². The van der Waals surface area contributed by atoms with Gasteiger partial charge in [0.05, 0.1) is 6.04 Å². The molecule has 2 rings (SSSR count). The van der Waals surface area contributed by atoms with Gasteiger partial charge in [0.25, 0.3) is 0 Å². The van der Waals surface area contributed by atoms with E-state index < -0.39 is 0 Å². The molecule has 5 heteroatoms. The predicted octanol–water partition coefficient (Wildman–Crippen LogP) is 1.49. The Labute approximate surface area is 115 Å². The molecule has 0 amide bonds. The highest BCUT2D eigenvalue weighted by Crippen LogP contribution is 2.43. The van der Waals surface area contributed by atoms with Crippen LogP contribution in [0.25, 0.3) is 0 Å². The zero-order chi connectivity index (χ0) is 13.9. The first-order valence-electron chi connectivity index (χ1n) is 6.98. The predicted molar refractivity (Wildman–Crippen MR) is 76.1 cm³/mol. The molecule has 0 radical (unpaired) electrons. The summed E-state index contributed by atoms with van der Waals surface area (Å²) in [5.41, 5.74) is 4.11. The monoisotopic (exact) mass is 263 g/mol. The average molecular weight is 263 g/mol. The Kier molecular flexibility index (Phi) is 4.50. The van der Waals surface area contributed by atoms with Gasteiger partial charge in [-0.1, -0.05) is 6.92 Å². The minimum Gasteiger partial charge on any atom is -0.302 e. The normalized spacial score (nSPS) is 29.4. The third kappa shape index (κ3) is 2.78. The van der Waals surface area contributed by atoms with E-state index in [4.69, 9.17) is 5.84 Å². The molecule has 1 saturated carbocycles. The van der Waals surface area contributed by atoms with Gasteiger partial charge < -0.3 is 4.90 Å². The van der Waals surface area contributed by atoms with Crippen LogP contribution >= 0.6 is 0 Å². The fraction of sp³-hybridized carbons (Fsp3) is 0.714. The number of hydrogen-bond acceptors (Lipinski definition) is 5. The van der Waals surface area contributed by atoms with Crippen LogP contribution < -0.4 is 11.3 Å². The molecule has 1 unspecified atom stereocenters. The minimum absolute atomic E-state index is 0.0476. The van der Waals surface area contributed by atoms with Crippen LogP contribution in [0.2, 0.25) is 0 Å². The number of aromatic nitrogens is 2. The second kappa shape index (κ2) is 5.94. The molecule has 0 aromatic carbocycles. The Morgan fingerprint density at radius 2 is 1.89 bits per heavy atom. The summed E-state index contributed by atoms with van der Waals surface area (Å²) in [6, 6.07) is 0.0659. The molecule has 0 saturated heterocycles.